The van der Waals surface area contributed by atoms with Crippen molar-refractivity contribution >= 4 is 17.6 Å². The first-order chi connectivity index (χ1) is 6.25. The second-order valence-electron chi connectivity index (χ2n) is 2.93. The summed E-state index contributed by atoms with van der Waals surface area (Å²) in [7, 11) is 0. The number of nitrogen functional groups attached to an aromatic ring is 1. The van der Waals surface area contributed by atoms with Gasteiger partial charge in [-0.1, -0.05) is 13.3 Å². The van der Waals surface area contributed by atoms with Crippen molar-refractivity contribution in [1.29, 1.82) is 0 Å². The first kappa shape index (κ1) is 9.71. The van der Waals surface area contributed by atoms with E-state index in [-0.39, 0.29) is 0 Å². The molecule has 13 heavy (non-hydrogen) atoms. The predicted octanol–water partition coefficient (Wildman–Crippen LogP) is 2.47. The average molecular weight is 177 g/mol. The molecule has 1 heterocycles. The maximum Gasteiger partial charge on any atom is 0.107 e. The molecule has 0 radical (unpaired) electrons. The fraction of sp³-hybridized carbons (Fsp3) is 0.400. The fourth-order valence-corrected chi connectivity index (χ4v) is 1.03. The minimum Gasteiger partial charge on any atom is -0.397 e. The summed E-state index contributed by atoms with van der Waals surface area (Å²) >= 11 is 0. The summed E-state index contributed by atoms with van der Waals surface area (Å²) in [6.45, 7) is 4.03. The molecule has 1 rings (SSSR count). The monoisotopic (exact) mass is 177 g/mol. The number of aryl methyl sites for hydroxylation is 1. The Balaban J connectivity index is 2.87. The van der Waals surface area contributed by atoms with Gasteiger partial charge in [0.2, 0.25) is 0 Å². The molecule has 0 aromatic carbocycles. The van der Waals surface area contributed by atoms with Crippen LogP contribution in [0.4, 0.5) is 11.4 Å². The number of pyridine rings is 1. The summed E-state index contributed by atoms with van der Waals surface area (Å²) < 4.78 is 0. The van der Waals surface area contributed by atoms with Crippen LogP contribution in [0.5, 0.6) is 0 Å². The number of anilines is 1. The van der Waals surface area contributed by atoms with E-state index in [1.807, 2.05) is 13.1 Å². The summed E-state index contributed by atoms with van der Waals surface area (Å²) in [5.41, 5.74) is 8.13. The Morgan fingerprint density at radius 3 is 3.00 bits per heavy atom. The van der Waals surface area contributed by atoms with Gasteiger partial charge in [-0.25, -0.2) is 0 Å². The normalized spacial score (nSPS) is 10.9. The summed E-state index contributed by atoms with van der Waals surface area (Å²) in [5, 5.41) is 0. The van der Waals surface area contributed by atoms with Crippen molar-refractivity contribution in [3.8, 4) is 0 Å². The van der Waals surface area contributed by atoms with Gasteiger partial charge in [0.25, 0.3) is 0 Å². The maximum absolute atomic E-state index is 5.75. The van der Waals surface area contributed by atoms with E-state index in [1.165, 1.54) is 0 Å². The third-order valence-electron chi connectivity index (χ3n) is 1.78. The Morgan fingerprint density at radius 1 is 1.62 bits per heavy atom. The molecule has 0 aliphatic heterocycles. The van der Waals surface area contributed by atoms with Crippen LogP contribution in [0.2, 0.25) is 0 Å². The number of hydrogen-bond acceptors (Lipinski definition) is 3. The molecule has 0 saturated carbocycles. The molecule has 0 spiro atoms. The van der Waals surface area contributed by atoms with Crippen LogP contribution in [0.15, 0.2) is 17.3 Å². The van der Waals surface area contributed by atoms with E-state index in [0.29, 0.717) is 5.69 Å². The number of nitrogens with zero attached hydrogens (tertiary/aromatic N) is 2. The quantitative estimate of drug-likeness (QED) is 0.721. The average Bonchev–Trinajstić information content (AvgIpc) is 2.10. The Kier molecular flexibility index (Phi) is 3.43. The first-order valence-electron chi connectivity index (χ1n) is 4.49. The zero-order chi connectivity index (χ0) is 9.68. The number of nitrogens with two attached hydrogens (primary N) is 1. The summed E-state index contributed by atoms with van der Waals surface area (Å²) in [4.78, 5) is 8.41. The molecular weight excluding hydrogens is 162 g/mol. The fourth-order valence-electron chi connectivity index (χ4n) is 1.03. The zero-order valence-electron chi connectivity index (χ0n) is 8.12. The van der Waals surface area contributed by atoms with Gasteiger partial charge in [0.1, 0.15) is 5.69 Å². The van der Waals surface area contributed by atoms with Crippen molar-refractivity contribution in [3.05, 3.63) is 18.0 Å². The maximum atomic E-state index is 5.75. The molecule has 0 amide bonds. The molecular formula is C10H15N3. The highest BCUT2D eigenvalue weighted by molar-refractivity contribution is 5.71. The van der Waals surface area contributed by atoms with Gasteiger partial charge in [-0.05, 0) is 19.4 Å². The number of hydrogen-bond donors (Lipinski definition) is 1. The van der Waals surface area contributed by atoms with E-state index in [0.717, 1.165) is 24.2 Å². The molecule has 0 unspecified atom stereocenters. The highest BCUT2D eigenvalue weighted by Gasteiger charge is 1.99. The molecule has 0 atom stereocenters. The molecule has 0 aliphatic carbocycles. The Morgan fingerprint density at radius 2 is 2.38 bits per heavy atom. The van der Waals surface area contributed by atoms with Crippen LogP contribution >= 0.6 is 0 Å². The van der Waals surface area contributed by atoms with Gasteiger partial charge in [-0.15, -0.1) is 0 Å². The van der Waals surface area contributed by atoms with Crippen LogP contribution < -0.4 is 5.73 Å². The van der Waals surface area contributed by atoms with E-state index < -0.39 is 0 Å². The van der Waals surface area contributed by atoms with Crippen molar-refractivity contribution in [3.63, 3.8) is 0 Å². The Hall–Kier alpha value is -1.38. The number of aromatic nitrogens is 1. The molecule has 70 valence electrons. The minimum absolute atomic E-state index is 0.694. The molecule has 0 fully saturated rings. The molecule has 3 heteroatoms. The van der Waals surface area contributed by atoms with Crippen LogP contribution in [-0.4, -0.2) is 11.2 Å². The lowest BCUT2D eigenvalue weighted by atomic mass is 10.3. The minimum atomic E-state index is 0.694. The lowest BCUT2D eigenvalue weighted by Crippen LogP contribution is -1.90. The molecule has 1 aromatic heterocycles. The van der Waals surface area contributed by atoms with Crippen molar-refractivity contribution in [1.82, 2.24) is 4.98 Å². The number of unbranched alkanes of at least 4 members (excludes halogenated alkanes) is 1. The van der Waals surface area contributed by atoms with Gasteiger partial charge in [0.15, 0.2) is 0 Å². The molecule has 1 aromatic rings. The van der Waals surface area contributed by atoms with Gasteiger partial charge in [0, 0.05) is 12.4 Å². The van der Waals surface area contributed by atoms with Gasteiger partial charge in [-0.2, -0.15) is 0 Å². The molecule has 0 saturated heterocycles. The van der Waals surface area contributed by atoms with Crippen LogP contribution in [0, 0.1) is 6.92 Å². The SMILES string of the molecule is CCC/C=N\c1c(N)ccnc1C. The molecule has 0 aliphatic rings. The van der Waals surface area contributed by atoms with E-state index >= 15 is 0 Å². The molecule has 0 bridgehead atoms. The van der Waals surface area contributed by atoms with E-state index in [4.69, 9.17) is 5.73 Å². The highest BCUT2D eigenvalue weighted by atomic mass is 14.8. The van der Waals surface area contributed by atoms with Crippen molar-refractivity contribution < 1.29 is 0 Å². The van der Waals surface area contributed by atoms with Gasteiger partial charge >= 0.3 is 0 Å². The van der Waals surface area contributed by atoms with Gasteiger partial charge in [-0.3, -0.25) is 9.98 Å². The first-order valence-corrected chi connectivity index (χ1v) is 4.49. The Bertz CT molecular complexity index is 285. The van der Waals surface area contributed by atoms with Crippen LogP contribution in [0.25, 0.3) is 0 Å². The zero-order valence-corrected chi connectivity index (χ0v) is 8.12. The lowest BCUT2D eigenvalue weighted by Gasteiger charge is -2.01. The second kappa shape index (κ2) is 4.60. The van der Waals surface area contributed by atoms with Crippen molar-refractivity contribution in [2.24, 2.45) is 4.99 Å². The largest absolute Gasteiger partial charge is 0.397 e. The van der Waals surface area contributed by atoms with Crippen LogP contribution in [0.3, 0.4) is 0 Å². The highest BCUT2D eigenvalue weighted by Crippen LogP contribution is 2.23. The van der Waals surface area contributed by atoms with E-state index in [2.05, 4.69) is 16.9 Å². The summed E-state index contributed by atoms with van der Waals surface area (Å²) in [6, 6.07) is 1.77. The lowest BCUT2D eigenvalue weighted by molar-refractivity contribution is 1.01. The van der Waals surface area contributed by atoms with Gasteiger partial charge in [0.05, 0.1) is 11.4 Å². The van der Waals surface area contributed by atoms with E-state index in [9.17, 15) is 0 Å². The van der Waals surface area contributed by atoms with Crippen LogP contribution in [0.1, 0.15) is 25.5 Å². The third-order valence-corrected chi connectivity index (χ3v) is 1.78. The topological polar surface area (TPSA) is 51.3 Å². The van der Waals surface area contributed by atoms with E-state index in [1.54, 1.807) is 12.3 Å². The molecule has 2 N–H and O–H groups in total. The predicted molar refractivity (Wildman–Crippen MR) is 56.4 cm³/mol. The van der Waals surface area contributed by atoms with Crippen LogP contribution in [-0.2, 0) is 0 Å². The summed E-state index contributed by atoms with van der Waals surface area (Å²) in [6.07, 6.45) is 5.67. The smallest absolute Gasteiger partial charge is 0.107 e. The number of rotatable bonds is 3. The third kappa shape index (κ3) is 2.54. The van der Waals surface area contributed by atoms with Gasteiger partial charge < -0.3 is 5.73 Å². The number of aliphatic imine (C=N–C) groups is 1. The summed E-state index contributed by atoms with van der Waals surface area (Å²) in [5.74, 6) is 0. The standard InChI is InChI=1S/C10H15N3/c1-3-4-6-13-10-8(2)12-7-5-9(10)11/h5-7H,3-4H2,1-2H3,(H2,11,12)/b13-6-. The van der Waals surface area contributed by atoms with Crippen molar-refractivity contribution in [2.75, 3.05) is 5.73 Å². The second-order valence-corrected chi connectivity index (χ2v) is 2.93. The van der Waals surface area contributed by atoms with Crippen molar-refractivity contribution in [2.45, 2.75) is 26.7 Å². The Labute approximate surface area is 78.7 Å². The molecule has 3 nitrogen and oxygen atoms in total.